The van der Waals surface area contributed by atoms with E-state index in [1.165, 1.54) is 0 Å². The van der Waals surface area contributed by atoms with E-state index >= 15 is 0 Å². The average Bonchev–Trinajstić information content (AvgIpc) is 2.26. The van der Waals surface area contributed by atoms with E-state index in [0.717, 1.165) is 21.6 Å². The number of nitrogens with one attached hydrogen (secondary N) is 1. The predicted octanol–water partition coefficient (Wildman–Crippen LogP) is -1.09. The summed E-state index contributed by atoms with van der Waals surface area (Å²) in [6, 6.07) is -2.00. The van der Waals surface area contributed by atoms with Crippen LogP contribution in [-0.2, 0) is 14.4 Å². The number of hydrogen-bond acceptors (Lipinski definition) is 7. The first-order valence-corrected chi connectivity index (χ1v) is 7.24. The minimum atomic E-state index is -1.16. The smallest absolute Gasteiger partial charge is 0.321 e. The summed E-state index contributed by atoms with van der Waals surface area (Å²) < 4.78 is 0. The molecule has 0 radical (unpaired) electrons. The molecule has 6 N–H and O–H groups in total. The lowest BCUT2D eigenvalue weighted by molar-refractivity contribution is -0.140. The van der Waals surface area contributed by atoms with Crippen LogP contribution in [0.1, 0.15) is 0 Å². The fourth-order valence-corrected chi connectivity index (χ4v) is 3.04. The van der Waals surface area contributed by atoms with Crippen molar-refractivity contribution in [3.8, 4) is 0 Å². The van der Waals surface area contributed by atoms with Crippen molar-refractivity contribution in [3.63, 3.8) is 0 Å². The predicted molar refractivity (Wildman–Crippen MR) is 67.6 cm³/mol. The molecule has 0 aliphatic rings. The van der Waals surface area contributed by atoms with Crippen LogP contribution in [0, 0.1) is 0 Å². The molecule has 10 heteroatoms. The van der Waals surface area contributed by atoms with Crippen LogP contribution < -0.4 is 11.1 Å². The van der Waals surface area contributed by atoms with Gasteiger partial charge in [-0.1, -0.05) is 21.6 Å². The molecule has 0 rings (SSSR count). The van der Waals surface area contributed by atoms with E-state index in [0.29, 0.717) is 0 Å². The minimum Gasteiger partial charge on any atom is -0.480 e. The Balaban J connectivity index is 3.87. The van der Waals surface area contributed by atoms with Gasteiger partial charge in [0, 0.05) is 11.5 Å². The lowest BCUT2D eigenvalue weighted by Gasteiger charge is -2.12. The van der Waals surface area contributed by atoms with Gasteiger partial charge in [-0.05, 0) is 0 Å². The van der Waals surface area contributed by atoms with E-state index in [2.05, 4.69) is 5.32 Å². The Morgan fingerprint density at radius 1 is 1.06 bits per heavy atom. The van der Waals surface area contributed by atoms with Crippen molar-refractivity contribution in [1.29, 1.82) is 0 Å². The van der Waals surface area contributed by atoms with Crippen molar-refractivity contribution in [3.05, 3.63) is 0 Å². The summed E-state index contributed by atoms with van der Waals surface area (Å²) in [7, 11) is 2.25. The molecule has 0 aromatic carbocycles. The third-order valence-electron chi connectivity index (χ3n) is 1.68. The van der Waals surface area contributed by atoms with E-state index in [9.17, 15) is 14.4 Å². The highest BCUT2D eigenvalue weighted by molar-refractivity contribution is 8.76. The third-order valence-corrected chi connectivity index (χ3v) is 4.13. The van der Waals surface area contributed by atoms with Gasteiger partial charge < -0.3 is 21.1 Å². The monoisotopic (exact) mass is 298 g/mol. The maximum absolute atomic E-state index is 10.8. The summed E-state index contributed by atoms with van der Waals surface area (Å²) in [6.07, 6.45) is 0. The maximum atomic E-state index is 10.8. The van der Waals surface area contributed by atoms with Gasteiger partial charge in [0.1, 0.15) is 12.1 Å². The Labute approximate surface area is 111 Å². The Morgan fingerprint density at radius 2 is 1.61 bits per heavy atom. The third kappa shape index (κ3) is 8.17. The molecule has 104 valence electrons. The summed E-state index contributed by atoms with van der Waals surface area (Å²) in [5.41, 5.74) is 5.25. The Bertz CT molecular complexity index is 314. The summed E-state index contributed by atoms with van der Waals surface area (Å²) >= 11 is 0. The first-order chi connectivity index (χ1) is 8.34. The number of carboxylic acids is 3. The van der Waals surface area contributed by atoms with E-state index in [4.69, 9.17) is 21.1 Å². The van der Waals surface area contributed by atoms with Crippen molar-refractivity contribution in [2.24, 2.45) is 5.73 Å². The fraction of sp³-hybridized carbons (Fsp3) is 0.625. The lowest BCUT2D eigenvalue weighted by Crippen LogP contribution is -2.41. The summed E-state index contributed by atoms with van der Waals surface area (Å²) in [4.78, 5) is 31.4. The Hall–Kier alpha value is -0.970. The van der Waals surface area contributed by atoms with Gasteiger partial charge in [-0.3, -0.25) is 19.7 Å². The zero-order valence-corrected chi connectivity index (χ0v) is 10.9. The van der Waals surface area contributed by atoms with Crippen molar-refractivity contribution >= 4 is 39.5 Å². The van der Waals surface area contributed by atoms with Crippen molar-refractivity contribution in [2.75, 3.05) is 18.1 Å². The number of rotatable bonds is 10. The molecule has 0 aliphatic carbocycles. The van der Waals surface area contributed by atoms with Crippen LogP contribution in [0.4, 0.5) is 0 Å². The van der Waals surface area contributed by atoms with Crippen molar-refractivity contribution in [2.45, 2.75) is 12.1 Å². The number of nitrogens with two attached hydrogens (primary N) is 1. The second-order valence-corrected chi connectivity index (χ2v) is 5.73. The molecule has 0 amide bonds. The zero-order valence-electron chi connectivity index (χ0n) is 9.24. The highest BCUT2D eigenvalue weighted by Gasteiger charge is 2.18. The normalized spacial score (nSPS) is 13.8. The molecule has 0 heterocycles. The molecular weight excluding hydrogens is 284 g/mol. The molecule has 0 aromatic heterocycles. The first kappa shape index (κ1) is 17.0. The van der Waals surface area contributed by atoms with Crippen molar-refractivity contribution < 1.29 is 29.7 Å². The average molecular weight is 298 g/mol. The molecule has 18 heavy (non-hydrogen) atoms. The molecule has 0 spiro atoms. The van der Waals surface area contributed by atoms with Crippen LogP contribution >= 0.6 is 21.6 Å². The molecule has 8 nitrogen and oxygen atoms in total. The van der Waals surface area contributed by atoms with E-state index in [-0.39, 0.29) is 11.5 Å². The molecule has 0 aliphatic heterocycles. The zero-order chi connectivity index (χ0) is 14.1. The van der Waals surface area contributed by atoms with Gasteiger partial charge in [0.05, 0.1) is 6.54 Å². The molecular formula is C8H14N2O6S2. The quantitative estimate of drug-likeness (QED) is 0.248. The first-order valence-electron chi connectivity index (χ1n) is 4.75. The number of carbonyl (C=O) groups is 3. The second kappa shape index (κ2) is 9.03. The van der Waals surface area contributed by atoms with Gasteiger partial charge in [-0.2, -0.15) is 0 Å². The summed E-state index contributed by atoms with van der Waals surface area (Å²) in [5.74, 6) is -3.18. The molecule has 0 fully saturated rings. The van der Waals surface area contributed by atoms with Crippen LogP contribution in [0.3, 0.4) is 0 Å². The van der Waals surface area contributed by atoms with Gasteiger partial charge in [-0.25, -0.2) is 0 Å². The van der Waals surface area contributed by atoms with Crippen LogP contribution in [0.25, 0.3) is 0 Å². The van der Waals surface area contributed by atoms with Crippen LogP contribution in [0.2, 0.25) is 0 Å². The SMILES string of the molecule is N[C@@H](CSSC[C@H](NCC(=O)O)C(=O)O)C(=O)O. The van der Waals surface area contributed by atoms with Gasteiger partial charge in [0.15, 0.2) is 0 Å². The number of aliphatic carboxylic acids is 3. The van der Waals surface area contributed by atoms with E-state index in [1.54, 1.807) is 0 Å². The topological polar surface area (TPSA) is 150 Å². The lowest BCUT2D eigenvalue weighted by atomic mass is 10.3. The standard InChI is InChI=1S/C8H14N2O6S2/c9-4(7(13)14)2-17-18-3-5(8(15)16)10-1-6(11)12/h4-5,10H,1-3,9H2,(H,11,12)(H,13,14)(H,15,16)/t4-,5-/m0/s1. The second-order valence-electron chi connectivity index (χ2n) is 3.18. The van der Waals surface area contributed by atoms with E-state index < -0.39 is 36.5 Å². The van der Waals surface area contributed by atoms with Gasteiger partial charge in [0.2, 0.25) is 0 Å². The van der Waals surface area contributed by atoms with Gasteiger partial charge in [0.25, 0.3) is 0 Å². The molecule has 0 saturated carbocycles. The van der Waals surface area contributed by atoms with E-state index in [1.807, 2.05) is 0 Å². The van der Waals surface area contributed by atoms with Crippen LogP contribution in [-0.4, -0.2) is 63.4 Å². The summed E-state index contributed by atoms with van der Waals surface area (Å²) in [5, 5.41) is 28.0. The molecule has 0 unspecified atom stereocenters. The highest BCUT2D eigenvalue weighted by Crippen LogP contribution is 2.22. The fourth-order valence-electron chi connectivity index (χ4n) is 0.737. The van der Waals surface area contributed by atoms with Gasteiger partial charge in [-0.15, -0.1) is 0 Å². The maximum Gasteiger partial charge on any atom is 0.321 e. The van der Waals surface area contributed by atoms with Crippen LogP contribution in [0.5, 0.6) is 0 Å². The molecule has 0 aromatic rings. The van der Waals surface area contributed by atoms with Gasteiger partial charge >= 0.3 is 17.9 Å². The minimum absolute atomic E-state index is 0.111. The largest absolute Gasteiger partial charge is 0.480 e. The molecule has 0 saturated heterocycles. The number of hydrogen-bond donors (Lipinski definition) is 5. The van der Waals surface area contributed by atoms with Crippen LogP contribution in [0.15, 0.2) is 0 Å². The summed E-state index contributed by atoms with van der Waals surface area (Å²) in [6.45, 7) is -0.448. The molecule has 0 bridgehead atoms. The Kier molecular flexibility index (Phi) is 8.54. The highest BCUT2D eigenvalue weighted by atomic mass is 33.1. The Morgan fingerprint density at radius 3 is 2.06 bits per heavy atom. The number of carboxylic acid groups (broad SMARTS) is 3. The molecule has 2 atom stereocenters. The van der Waals surface area contributed by atoms with Crippen molar-refractivity contribution in [1.82, 2.24) is 5.32 Å².